The van der Waals surface area contributed by atoms with Gasteiger partial charge in [-0.25, -0.2) is 4.39 Å². The van der Waals surface area contributed by atoms with Gasteiger partial charge in [0.15, 0.2) is 0 Å². The summed E-state index contributed by atoms with van der Waals surface area (Å²) in [7, 11) is 1.71. The van der Waals surface area contributed by atoms with Crippen molar-refractivity contribution in [1.82, 2.24) is 10.2 Å². The van der Waals surface area contributed by atoms with Gasteiger partial charge in [0.1, 0.15) is 5.82 Å². The molecule has 2 aliphatic carbocycles. The van der Waals surface area contributed by atoms with E-state index in [1.54, 1.807) is 7.11 Å². The molecule has 0 spiro atoms. The van der Waals surface area contributed by atoms with E-state index in [0.717, 1.165) is 44.6 Å². The maximum absolute atomic E-state index is 14.1. The zero-order chi connectivity index (χ0) is 25.9. The first-order chi connectivity index (χ1) is 17.7. The van der Waals surface area contributed by atoms with Crippen LogP contribution in [0.3, 0.4) is 0 Å². The molecular weight excluding hydrogens is 490 g/mol. The molecule has 1 N–H and O–H groups in total. The maximum Gasteiger partial charge on any atom is 0.416 e. The van der Waals surface area contributed by atoms with Crippen molar-refractivity contribution in [2.45, 2.75) is 81.4 Å². The monoisotopic (exact) mass is 525 g/mol. The number of hydrogen-bond acceptors (Lipinski definition) is 5. The number of carbonyl (C=O) groups excluding carboxylic acids is 1. The van der Waals surface area contributed by atoms with Gasteiger partial charge in [0, 0.05) is 50.6 Å². The van der Waals surface area contributed by atoms with Crippen molar-refractivity contribution in [3.05, 3.63) is 29.6 Å². The number of anilines is 1. The molecule has 0 aromatic heterocycles. The van der Waals surface area contributed by atoms with Crippen LogP contribution in [0.4, 0.5) is 23.2 Å². The average molecular weight is 526 g/mol. The molecule has 3 heterocycles. The van der Waals surface area contributed by atoms with E-state index < -0.39 is 17.6 Å². The molecule has 5 fully saturated rings. The van der Waals surface area contributed by atoms with E-state index in [1.165, 1.54) is 6.07 Å². The molecular formula is C27H35F4N3O3. The summed E-state index contributed by atoms with van der Waals surface area (Å²) in [4.78, 5) is 18.0. The van der Waals surface area contributed by atoms with Crippen LogP contribution in [0.25, 0.3) is 0 Å². The van der Waals surface area contributed by atoms with Crippen LogP contribution in [-0.4, -0.2) is 74.5 Å². The van der Waals surface area contributed by atoms with Crippen LogP contribution in [0, 0.1) is 17.2 Å². The van der Waals surface area contributed by atoms with Crippen molar-refractivity contribution < 1.29 is 31.8 Å². The van der Waals surface area contributed by atoms with Crippen molar-refractivity contribution in [3.8, 4) is 0 Å². The number of nitrogens with one attached hydrogen (secondary N) is 1. The van der Waals surface area contributed by atoms with Crippen molar-refractivity contribution in [3.63, 3.8) is 0 Å². The highest BCUT2D eigenvalue weighted by molar-refractivity contribution is 5.85. The Morgan fingerprint density at radius 2 is 2.00 bits per heavy atom. The first kappa shape index (κ1) is 25.4. The molecule has 6 rings (SSSR count). The fraction of sp³-hybridized carbons (Fsp3) is 0.741. The quantitative estimate of drug-likeness (QED) is 0.590. The molecule has 1 aromatic rings. The lowest BCUT2D eigenvalue weighted by atomic mass is 9.78. The third-order valence-electron chi connectivity index (χ3n) is 9.66. The molecule has 10 heteroatoms. The van der Waals surface area contributed by atoms with Crippen molar-refractivity contribution in [2.75, 3.05) is 38.3 Å². The Morgan fingerprint density at radius 3 is 2.73 bits per heavy atom. The molecule has 3 aliphatic heterocycles. The lowest BCUT2D eigenvalue weighted by Crippen LogP contribution is -2.54. The van der Waals surface area contributed by atoms with Crippen LogP contribution in [0.1, 0.15) is 50.5 Å². The van der Waals surface area contributed by atoms with Gasteiger partial charge in [-0.3, -0.25) is 4.79 Å². The lowest BCUT2D eigenvalue weighted by Gasteiger charge is -2.41. The first-order valence-corrected chi connectivity index (χ1v) is 13.5. The number of piperazine rings is 1. The highest BCUT2D eigenvalue weighted by Gasteiger charge is 2.59. The third-order valence-corrected chi connectivity index (χ3v) is 9.66. The number of carbonyl (C=O) groups is 1. The zero-order valence-corrected chi connectivity index (χ0v) is 21.1. The molecule has 1 amide bonds. The van der Waals surface area contributed by atoms with Gasteiger partial charge in [-0.2, -0.15) is 13.2 Å². The van der Waals surface area contributed by atoms with E-state index in [0.29, 0.717) is 44.7 Å². The number of alkyl halides is 3. The summed E-state index contributed by atoms with van der Waals surface area (Å²) in [6.45, 7) is 2.22. The second-order valence-corrected chi connectivity index (χ2v) is 11.6. The van der Waals surface area contributed by atoms with Gasteiger partial charge in [-0.15, -0.1) is 0 Å². The number of likely N-dealkylation sites (tertiary alicyclic amines) is 1. The van der Waals surface area contributed by atoms with Crippen LogP contribution in [-0.2, 0) is 20.4 Å². The minimum absolute atomic E-state index is 0.0156. The lowest BCUT2D eigenvalue weighted by molar-refractivity contribution is -0.144. The molecule has 37 heavy (non-hydrogen) atoms. The van der Waals surface area contributed by atoms with Gasteiger partial charge in [-0.05, 0) is 62.6 Å². The molecule has 0 radical (unpaired) electrons. The molecule has 0 unspecified atom stereocenters. The first-order valence-electron chi connectivity index (χ1n) is 13.5. The second kappa shape index (κ2) is 9.38. The normalized spacial score (nSPS) is 37.4. The number of hydrogen-bond donors (Lipinski definition) is 1. The summed E-state index contributed by atoms with van der Waals surface area (Å²) in [6.07, 6.45) is 1.83. The van der Waals surface area contributed by atoms with Crippen LogP contribution in [0.15, 0.2) is 18.2 Å². The molecule has 5 aliphatic rings. The number of fused-ring (bicyclic) bond motifs is 3. The Labute approximate surface area is 214 Å². The minimum Gasteiger partial charge on any atom is -0.379 e. The Balaban J connectivity index is 1.15. The average Bonchev–Trinajstić information content (AvgIpc) is 3.63. The van der Waals surface area contributed by atoms with Gasteiger partial charge in [0.2, 0.25) is 5.91 Å². The summed E-state index contributed by atoms with van der Waals surface area (Å²) in [6, 6.07) is 3.08. The zero-order valence-electron chi connectivity index (χ0n) is 21.1. The summed E-state index contributed by atoms with van der Waals surface area (Å²) in [5, 5.41) is 3.79. The topological polar surface area (TPSA) is 54.0 Å². The van der Waals surface area contributed by atoms with Crippen molar-refractivity contribution >= 4 is 11.6 Å². The smallest absolute Gasteiger partial charge is 0.379 e. The summed E-state index contributed by atoms with van der Waals surface area (Å²) < 4.78 is 65.0. The predicted octanol–water partition coefficient (Wildman–Crippen LogP) is 3.98. The van der Waals surface area contributed by atoms with Crippen LogP contribution in [0.2, 0.25) is 0 Å². The van der Waals surface area contributed by atoms with Crippen molar-refractivity contribution in [2.24, 2.45) is 11.3 Å². The fourth-order valence-electron chi connectivity index (χ4n) is 7.98. The number of benzene rings is 1. The second-order valence-electron chi connectivity index (χ2n) is 11.6. The molecule has 204 valence electrons. The van der Waals surface area contributed by atoms with Crippen LogP contribution >= 0.6 is 0 Å². The maximum atomic E-state index is 14.1. The predicted molar refractivity (Wildman–Crippen MR) is 129 cm³/mol. The minimum atomic E-state index is -4.60. The Bertz CT molecular complexity index is 1040. The number of halogens is 4. The van der Waals surface area contributed by atoms with Gasteiger partial charge in [0.05, 0.1) is 29.7 Å². The molecule has 7 atom stereocenters. The molecule has 1 aromatic carbocycles. The SMILES string of the molecule is CO[C@@H]1COCC[C@@H]1N[C@@H]1C[C@H]2CCC[C@@]2(C(=O)N2C[C@H]3C[C@H]2CN3c2cc(F)cc(C(F)(F)F)c2)C1. The summed E-state index contributed by atoms with van der Waals surface area (Å²) in [5.41, 5.74) is -1.09. The third kappa shape index (κ3) is 4.42. The van der Waals surface area contributed by atoms with Crippen LogP contribution in [0.5, 0.6) is 0 Å². The molecule has 6 nitrogen and oxygen atoms in total. The van der Waals surface area contributed by atoms with E-state index in [-0.39, 0.29) is 47.3 Å². The van der Waals surface area contributed by atoms with Gasteiger partial charge in [0.25, 0.3) is 0 Å². The highest BCUT2D eigenvalue weighted by Crippen LogP contribution is 2.56. The molecule has 3 saturated heterocycles. The highest BCUT2D eigenvalue weighted by atomic mass is 19.4. The van der Waals surface area contributed by atoms with Gasteiger partial charge in [-0.1, -0.05) is 6.42 Å². The van der Waals surface area contributed by atoms with Gasteiger partial charge < -0.3 is 24.6 Å². The fourth-order valence-corrected chi connectivity index (χ4v) is 7.98. The Kier molecular flexibility index (Phi) is 6.43. The number of amides is 1. The van der Waals surface area contributed by atoms with Crippen LogP contribution < -0.4 is 10.2 Å². The Hall–Kier alpha value is -1.91. The van der Waals surface area contributed by atoms with Gasteiger partial charge >= 0.3 is 6.18 Å². The molecule has 2 saturated carbocycles. The standard InChI is InChI=1S/C27H35F4N3O3/c1-36-24-15-37-6-4-23(24)32-19-8-16-3-2-5-26(16,12-19)25(35)34-14-21-11-22(34)13-33(21)20-9-17(27(29,30)31)7-18(28)10-20/h7,9-10,16,19,21-24,32H,2-6,8,11-15H2,1H3/t16-,19-,21-,22+,23+,24-,26-/m1/s1. The van der Waals surface area contributed by atoms with E-state index >= 15 is 0 Å². The number of rotatable bonds is 5. The van der Waals surface area contributed by atoms with E-state index in [2.05, 4.69) is 5.32 Å². The number of nitrogens with zero attached hydrogens (tertiary/aromatic N) is 2. The van der Waals surface area contributed by atoms with E-state index in [4.69, 9.17) is 9.47 Å². The van der Waals surface area contributed by atoms with Crippen molar-refractivity contribution in [1.29, 1.82) is 0 Å². The summed E-state index contributed by atoms with van der Waals surface area (Å²) in [5.74, 6) is -0.318. The van der Waals surface area contributed by atoms with E-state index in [1.807, 2.05) is 9.80 Å². The number of ether oxygens (including phenoxy) is 2. The number of methoxy groups -OCH3 is 1. The van der Waals surface area contributed by atoms with E-state index in [9.17, 15) is 22.4 Å². The Morgan fingerprint density at radius 1 is 1.16 bits per heavy atom. The largest absolute Gasteiger partial charge is 0.416 e. The molecule has 2 bridgehead atoms. The summed E-state index contributed by atoms with van der Waals surface area (Å²) >= 11 is 0.